The number of nitrogens with one attached hydrogen (secondary N) is 1. The highest BCUT2D eigenvalue weighted by Crippen LogP contribution is 2.34. The van der Waals surface area contributed by atoms with Crippen LogP contribution in [0, 0.1) is 0 Å². The molecule has 3 N–H and O–H groups in total. The third-order valence-corrected chi connectivity index (χ3v) is 10.1. The fraction of sp³-hybridized carbons (Fsp3) is 0.375. The van der Waals surface area contributed by atoms with Crippen LogP contribution < -0.4 is 15.8 Å². The van der Waals surface area contributed by atoms with E-state index < -0.39 is 27.9 Å². The highest BCUT2D eigenvalue weighted by molar-refractivity contribution is 7.99. The smallest absolute Gasteiger partial charge is 0.252 e. The summed E-state index contributed by atoms with van der Waals surface area (Å²) in [6, 6.07) is 19.1. The topological polar surface area (TPSA) is 119 Å². The summed E-state index contributed by atoms with van der Waals surface area (Å²) in [7, 11) is -0.761. The monoisotopic (exact) mass is 611 g/mol. The largest absolute Gasteiger partial charge is 0.497 e. The van der Waals surface area contributed by atoms with Gasteiger partial charge in [0.05, 0.1) is 17.6 Å². The van der Waals surface area contributed by atoms with E-state index in [4.69, 9.17) is 10.5 Å². The number of hydrogen-bond donors (Lipinski definition) is 2. The van der Waals surface area contributed by atoms with Gasteiger partial charge in [0.2, 0.25) is 15.9 Å². The van der Waals surface area contributed by atoms with Crippen molar-refractivity contribution < 1.29 is 22.7 Å². The van der Waals surface area contributed by atoms with Gasteiger partial charge >= 0.3 is 0 Å². The molecule has 0 saturated heterocycles. The lowest BCUT2D eigenvalue weighted by Gasteiger charge is -2.23. The zero-order valence-corrected chi connectivity index (χ0v) is 26.9. The van der Waals surface area contributed by atoms with Crippen molar-refractivity contribution in [3.05, 3.63) is 83.4 Å². The third-order valence-electron chi connectivity index (χ3n) is 6.97. The van der Waals surface area contributed by atoms with E-state index in [0.29, 0.717) is 17.1 Å². The van der Waals surface area contributed by atoms with Gasteiger partial charge in [-0.2, -0.15) is 4.31 Å². The summed E-state index contributed by atoms with van der Waals surface area (Å²) in [6.07, 6.45) is 0.315. The van der Waals surface area contributed by atoms with Crippen LogP contribution in [0.2, 0.25) is 0 Å². The fourth-order valence-corrected chi connectivity index (χ4v) is 6.57. The van der Waals surface area contributed by atoms with E-state index in [1.54, 1.807) is 27.0 Å². The third kappa shape index (κ3) is 8.59. The maximum atomic E-state index is 13.8. The van der Waals surface area contributed by atoms with Crippen molar-refractivity contribution in [1.82, 2.24) is 9.62 Å². The summed E-state index contributed by atoms with van der Waals surface area (Å²) in [6.45, 7) is 9.95. The van der Waals surface area contributed by atoms with Gasteiger partial charge in [-0.05, 0) is 79.3 Å². The van der Waals surface area contributed by atoms with Gasteiger partial charge in [0.25, 0.3) is 5.91 Å². The molecule has 8 nitrogen and oxygen atoms in total. The number of rotatable bonds is 12. The Kier molecular flexibility index (Phi) is 10.9. The van der Waals surface area contributed by atoms with Crippen LogP contribution in [0.15, 0.2) is 81.4 Å². The first kappa shape index (κ1) is 33.2. The average Bonchev–Trinajstić information content (AvgIpc) is 2.92. The maximum absolute atomic E-state index is 13.8. The zero-order chi connectivity index (χ0) is 31.2. The number of nitrogens with zero attached hydrogens (tertiary/aromatic N) is 1. The number of primary amides is 1. The van der Waals surface area contributed by atoms with Crippen LogP contribution in [0.25, 0.3) is 0 Å². The standard InChI is InChI=1S/C32H41N3O5S2/c1-21(2)35(6)42(38,39)27-16-17-29(41-26-14-12-25(40-7)13-15-26)28(20-27)31(37)34-24(19-30(33)36)18-22-8-10-23(11-9-22)32(3,4)5/h8-17,20-21,24H,18-19H2,1-7H3,(H2,33,36)(H,34,37). The maximum Gasteiger partial charge on any atom is 0.252 e. The molecular weight excluding hydrogens is 571 g/mol. The van der Waals surface area contributed by atoms with E-state index >= 15 is 0 Å². The molecule has 0 saturated carbocycles. The Balaban J connectivity index is 1.98. The predicted molar refractivity (Wildman–Crippen MR) is 168 cm³/mol. The molecule has 0 heterocycles. The van der Waals surface area contributed by atoms with Crippen LogP contribution in [0.1, 0.15) is 62.5 Å². The van der Waals surface area contributed by atoms with E-state index in [2.05, 4.69) is 26.1 Å². The summed E-state index contributed by atoms with van der Waals surface area (Å²) in [5, 5.41) is 2.95. The molecule has 0 aliphatic heterocycles. The number of amides is 2. The molecule has 1 atom stereocenters. The number of hydrogen-bond acceptors (Lipinski definition) is 6. The highest BCUT2D eigenvalue weighted by atomic mass is 32.2. The molecule has 3 aromatic rings. The van der Waals surface area contributed by atoms with Gasteiger partial charge in [0.15, 0.2) is 0 Å². The normalized spacial score (nSPS) is 12.8. The van der Waals surface area contributed by atoms with Gasteiger partial charge in [0, 0.05) is 35.3 Å². The Hall–Kier alpha value is -3.34. The summed E-state index contributed by atoms with van der Waals surface area (Å²) in [4.78, 5) is 27.2. The van der Waals surface area contributed by atoms with Crippen molar-refractivity contribution >= 4 is 33.6 Å². The molecule has 3 aromatic carbocycles. The highest BCUT2D eigenvalue weighted by Gasteiger charge is 2.27. The molecule has 0 aliphatic carbocycles. The van der Waals surface area contributed by atoms with E-state index in [-0.39, 0.29) is 28.3 Å². The lowest BCUT2D eigenvalue weighted by atomic mass is 9.86. The van der Waals surface area contributed by atoms with Crippen LogP contribution >= 0.6 is 11.8 Å². The van der Waals surface area contributed by atoms with Crippen LogP contribution in [-0.4, -0.2) is 50.8 Å². The quantitative estimate of drug-likeness (QED) is 0.284. The first-order chi connectivity index (χ1) is 19.6. The second-order valence-electron chi connectivity index (χ2n) is 11.5. The molecule has 2 amide bonds. The van der Waals surface area contributed by atoms with Crippen molar-refractivity contribution in [2.45, 2.75) is 79.6 Å². The van der Waals surface area contributed by atoms with Crippen LogP contribution in [0.5, 0.6) is 5.75 Å². The van der Waals surface area contributed by atoms with Crippen molar-refractivity contribution in [3.8, 4) is 5.75 Å². The zero-order valence-electron chi connectivity index (χ0n) is 25.3. The fourth-order valence-electron chi connectivity index (χ4n) is 4.26. The van der Waals surface area contributed by atoms with E-state index in [1.807, 2.05) is 48.5 Å². The van der Waals surface area contributed by atoms with Gasteiger partial charge in [-0.25, -0.2) is 8.42 Å². The second-order valence-corrected chi connectivity index (χ2v) is 14.7. The Morgan fingerprint density at radius 3 is 2.14 bits per heavy atom. The van der Waals surface area contributed by atoms with Gasteiger partial charge in [0.1, 0.15) is 5.75 Å². The number of sulfonamides is 1. The number of carbonyl (C=O) groups excluding carboxylic acids is 2. The number of benzene rings is 3. The molecule has 0 fully saturated rings. The van der Waals surface area contributed by atoms with Crippen molar-refractivity contribution in [1.29, 1.82) is 0 Å². The minimum absolute atomic E-state index is 0.00662. The van der Waals surface area contributed by atoms with Gasteiger partial charge in [-0.3, -0.25) is 9.59 Å². The number of ether oxygens (including phenoxy) is 1. The minimum atomic E-state index is -3.85. The molecule has 0 aromatic heterocycles. The first-order valence-corrected chi connectivity index (χ1v) is 16.0. The van der Waals surface area contributed by atoms with Crippen molar-refractivity contribution in [2.75, 3.05) is 14.2 Å². The molecule has 0 radical (unpaired) electrons. The summed E-state index contributed by atoms with van der Waals surface area (Å²) >= 11 is 1.33. The summed E-state index contributed by atoms with van der Waals surface area (Å²) in [5.41, 5.74) is 7.85. The number of nitrogens with two attached hydrogens (primary N) is 1. The molecule has 1 unspecified atom stereocenters. The van der Waals surface area contributed by atoms with Crippen LogP contribution in [0.3, 0.4) is 0 Å². The van der Waals surface area contributed by atoms with Crippen molar-refractivity contribution in [3.63, 3.8) is 0 Å². The molecule has 3 rings (SSSR count). The minimum Gasteiger partial charge on any atom is -0.497 e. The molecule has 0 bridgehead atoms. The summed E-state index contributed by atoms with van der Waals surface area (Å²) in [5.74, 6) is -0.345. The molecule has 226 valence electrons. The Morgan fingerprint density at radius 1 is 1.00 bits per heavy atom. The lowest BCUT2D eigenvalue weighted by Crippen LogP contribution is -2.39. The van der Waals surface area contributed by atoms with Crippen LogP contribution in [0.4, 0.5) is 0 Å². The van der Waals surface area contributed by atoms with E-state index in [9.17, 15) is 18.0 Å². The molecule has 42 heavy (non-hydrogen) atoms. The van der Waals surface area contributed by atoms with Gasteiger partial charge < -0.3 is 15.8 Å². The molecular formula is C32H41N3O5S2. The van der Waals surface area contributed by atoms with E-state index in [1.165, 1.54) is 40.8 Å². The molecule has 10 heteroatoms. The van der Waals surface area contributed by atoms with E-state index in [0.717, 1.165) is 10.5 Å². The predicted octanol–water partition coefficient (Wildman–Crippen LogP) is 5.39. The lowest BCUT2D eigenvalue weighted by molar-refractivity contribution is -0.118. The average molecular weight is 612 g/mol. The SMILES string of the molecule is COc1ccc(Sc2ccc(S(=O)(=O)N(C)C(C)C)cc2C(=O)NC(CC(N)=O)Cc2ccc(C(C)(C)C)cc2)cc1. The molecule has 0 spiro atoms. The Labute approximate surface area is 254 Å². The molecule has 0 aliphatic rings. The van der Waals surface area contributed by atoms with Crippen molar-refractivity contribution in [2.24, 2.45) is 5.73 Å². The second kappa shape index (κ2) is 13.8. The number of methoxy groups -OCH3 is 1. The number of carbonyl (C=O) groups is 2. The first-order valence-electron chi connectivity index (χ1n) is 13.7. The Bertz CT molecular complexity index is 1500. The van der Waals surface area contributed by atoms with Gasteiger partial charge in [-0.1, -0.05) is 56.8 Å². The van der Waals surface area contributed by atoms with Crippen LogP contribution in [-0.2, 0) is 26.7 Å². The Morgan fingerprint density at radius 2 is 1.62 bits per heavy atom. The van der Waals surface area contributed by atoms with Gasteiger partial charge in [-0.15, -0.1) is 0 Å². The summed E-state index contributed by atoms with van der Waals surface area (Å²) < 4.78 is 33.1.